The average molecular weight is 329 g/mol. The second-order valence-electron chi connectivity index (χ2n) is 5.14. The summed E-state index contributed by atoms with van der Waals surface area (Å²) in [5, 5.41) is 2.86. The minimum Gasteiger partial charge on any atom is -0.497 e. The molecule has 1 atom stereocenters. The van der Waals surface area contributed by atoms with Crippen LogP contribution in [0.5, 0.6) is 17.2 Å². The van der Waals surface area contributed by atoms with Crippen LogP contribution in [-0.2, 0) is 4.79 Å². The highest BCUT2D eigenvalue weighted by Gasteiger charge is 2.18. The van der Waals surface area contributed by atoms with Gasteiger partial charge in [0.2, 0.25) is 0 Å². The Kier molecular flexibility index (Phi) is 6.49. The van der Waals surface area contributed by atoms with Gasteiger partial charge in [0.25, 0.3) is 5.91 Å². The molecule has 0 aliphatic heterocycles. The maximum absolute atomic E-state index is 12.4. The van der Waals surface area contributed by atoms with Crippen molar-refractivity contribution in [2.24, 2.45) is 0 Å². The summed E-state index contributed by atoms with van der Waals surface area (Å²) in [7, 11) is 1.59. The molecule has 128 valence electrons. The molecule has 0 aliphatic carbocycles. The summed E-state index contributed by atoms with van der Waals surface area (Å²) < 4.78 is 16.3. The predicted octanol–water partition coefficient (Wildman–Crippen LogP) is 3.89. The molecule has 0 saturated heterocycles. The van der Waals surface area contributed by atoms with E-state index in [-0.39, 0.29) is 5.91 Å². The highest BCUT2D eigenvalue weighted by molar-refractivity contribution is 5.94. The fourth-order valence-electron chi connectivity index (χ4n) is 2.18. The first-order chi connectivity index (χ1) is 11.7. The number of nitrogens with one attached hydrogen (secondary N) is 1. The number of anilines is 1. The van der Waals surface area contributed by atoms with E-state index >= 15 is 0 Å². The van der Waals surface area contributed by atoms with E-state index in [0.29, 0.717) is 30.2 Å². The van der Waals surface area contributed by atoms with E-state index < -0.39 is 6.10 Å². The third-order valence-electron chi connectivity index (χ3n) is 3.42. The summed E-state index contributed by atoms with van der Waals surface area (Å²) >= 11 is 0. The molecule has 2 rings (SSSR count). The standard InChI is InChI=1S/C19H23NO4/c1-4-18(24-17-8-6-7-16(13-17)22-3)19(21)20-14-9-11-15(12-10-14)23-5-2/h6-13,18H,4-5H2,1-3H3,(H,20,21)/t18-/m1/s1. The zero-order chi connectivity index (χ0) is 17.4. The van der Waals surface area contributed by atoms with E-state index in [9.17, 15) is 4.79 Å². The summed E-state index contributed by atoms with van der Waals surface area (Å²) in [6, 6.07) is 14.5. The second kappa shape index (κ2) is 8.82. The van der Waals surface area contributed by atoms with E-state index in [1.165, 1.54) is 0 Å². The van der Waals surface area contributed by atoms with Gasteiger partial charge in [0, 0.05) is 11.8 Å². The SMILES string of the molecule is CCOc1ccc(NC(=O)[C@@H](CC)Oc2cccc(OC)c2)cc1. The Hall–Kier alpha value is -2.69. The molecule has 0 heterocycles. The highest BCUT2D eigenvalue weighted by Crippen LogP contribution is 2.21. The Balaban J connectivity index is 2.00. The molecular formula is C19H23NO4. The molecule has 0 spiro atoms. The zero-order valence-electron chi connectivity index (χ0n) is 14.2. The van der Waals surface area contributed by atoms with Gasteiger partial charge in [0.15, 0.2) is 6.10 Å². The maximum Gasteiger partial charge on any atom is 0.265 e. The first kappa shape index (κ1) is 17.7. The fraction of sp³-hybridized carbons (Fsp3) is 0.316. The van der Waals surface area contributed by atoms with E-state index in [0.717, 1.165) is 5.75 Å². The van der Waals surface area contributed by atoms with Crippen LogP contribution in [0.1, 0.15) is 20.3 Å². The molecule has 0 unspecified atom stereocenters. The number of carbonyl (C=O) groups is 1. The first-order valence-corrected chi connectivity index (χ1v) is 8.00. The third-order valence-corrected chi connectivity index (χ3v) is 3.42. The van der Waals surface area contributed by atoms with Crippen LogP contribution in [0.2, 0.25) is 0 Å². The molecule has 0 aliphatic rings. The molecule has 0 radical (unpaired) electrons. The number of ether oxygens (including phenoxy) is 3. The van der Waals surface area contributed by atoms with Crippen molar-refractivity contribution in [1.82, 2.24) is 0 Å². The Morgan fingerprint density at radius 3 is 2.38 bits per heavy atom. The molecule has 0 bridgehead atoms. The van der Waals surface area contributed by atoms with Crippen molar-refractivity contribution < 1.29 is 19.0 Å². The van der Waals surface area contributed by atoms with Gasteiger partial charge in [-0.3, -0.25) is 4.79 Å². The number of rotatable bonds is 8. The normalized spacial score (nSPS) is 11.5. The van der Waals surface area contributed by atoms with Gasteiger partial charge in [-0.05, 0) is 49.7 Å². The van der Waals surface area contributed by atoms with Gasteiger partial charge in [0.05, 0.1) is 13.7 Å². The minimum absolute atomic E-state index is 0.190. The van der Waals surface area contributed by atoms with Gasteiger partial charge in [-0.15, -0.1) is 0 Å². The lowest BCUT2D eigenvalue weighted by Gasteiger charge is -2.18. The monoisotopic (exact) mass is 329 g/mol. The molecule has 5 heteroatoms. The van der Waals surface area contributed by atoms with Gasteiger partial charge < -0.3 is 19.5 Å². The molecule has 1 N–H and O–H groups in total. The van der Waals surface area contributed by atoms with Crippen molar-refractivity contribution in [3.05, 3.63) is 48.5 Å². The molecule has 2 aromatic rings. The predicted molar refractivity (Wildman–Crippen MR) is 93.9 cm³/mol. The van der Waals surface area contributed by atoms with Crippen molar-refractivity contribution in [2.75, 3.05) is 19.0 Å². The van der Waals surface area contributed by atoms with Crippen LogP contribution in [0.25, 0.3) is 0 Å². The van der Waals surface area contributed by atoms with Gasteiger partial charge in [0.1, 0.15) is 17.2 Å². The zero-order valence-corrected chi connectivity index (χ0v) is 14.2. The quantitative estimate of drug-likeness (QED) is 0.798. The van der Waals surface area contributed by atoms with Crippen molar-refractivity contribution in [2.45, 2.75) is 26.4 Å². The summed E-state index contributed by atoms with van der Waals surface area (Å²) in [4.78, 5) is 12.4. The Morgan fingerprint density at radius 2 is 1.75 bits per heavy atom. The summed E-state index contributed by atoms with van der Waals surface area (Å²) in [6.07, 6.45) is -0.0243. The Morgan fingerprint density at radius 1 is 1.04 bits per heavy atom. The van der Waals surface area contributed by atoms with Crippen LogP contribution in [0.3, 0.4) is 0 Å². The van der Waals surface area contributed by atoms with Crippen molar-refractivity contribution >= 4 is 11.6 Å². The van der Waals surface area contributed by atoms with E-state index in [1.54, 1.807) is 31.4 Å². The Labute approximate surface area is 142 Å². The largest absolute Gasteiger partial charge is 0.497 e. The lowest BCUT2D eigenvalue weighted by atomic mass is 10.2. The van der Waals surface area contributed by atoms with Gasteiger partial charge in [-0.2, -0.15) is 0 Å². The molecule has 24 heavy (non-hydrogen) atoms. The third kappa shape index (κ3) is 4.91. The van der Waals surface area contributed by atoms with Crippen LogP contribution in [0.15, 0.2) is 48.5 Å². The smallest absolute Gasteiger partial charge is 0.265 e. The minimum atomic E-state index is -0.580. The summed E-state index contributed by atoms with van der Waals surface area (Å²) in [5.74, 6) is 1.87. The van der Waals surface area contributed by atoms with Crippen molar-refractivity contribution in [3.63, 3.8) is 0 Å². The van der Waals surface area contributed by atoms with Crippen LogP contribution in [-0.4, -0.2) is 25.7 Å². The first-order valence-electron chi connectivity index (χ1n) is 8.00. The number of amides is 1. The lowest BCUT2D eigenvalue weighted by molar-refractivity contribution is -0.122. The number of carbonyl (C=O) groups excluding carboxylic acids is 1. The summed E-state index contributed by atoms with van der Waals surface area (Å²) in [5.41, 5.74) is 0.705. The number of benzene rings is 2. The van der Waals surface area contributed by atoms with Crippen LogP contribution < -0.4 is 19.5 Å². The highest BCUT2D eigenvalue weighted by atomic mass is 16.5. The van der Waals surface area contributed by atoms with Gasteiger partial charge in [-0.25, -0.2) is 0 Å². The molecular weight excluding hydrogens is 306 g/mol. The van der Waals surface area contributed by atoms with Crippen molar-refractivity contribution in [1.29, 1.82) is 0 Å². The Bertz CT molecular complexity index is 655. The molecule has 5 nitrogen and oxygen atoms in total. The molecule has 2 aromatic carbocycles. The fourth-order valence-corrected chi connectivity index (χ4v) is 2.18. The maximum atomic E-state index is 12.4. The number of hydrogen-bond donors (Lipinski definition) is 1. The van der Waals surface area contributed by atoms with Crippen LogP contribution in [0.4, 0.5) is 5.69 Å². The van der Waals surface area contributed by atoms with Gasteiger partial charge >= 0.3 is 0 Å². The molecule has 1 amide bonds. The average Bonchev–Trinajstić information content (AvgIpc) is 2.61. The molecule has 0 saturated carbocycles. The van der Waals surface area contributed by atoms with E-state index in [2.05, 4.69) is 5.32 Å². The van der Waals surface area contributed by atoms with Crippen molar-refractivity contribution in [3.8, 4) is 17.2 Å². The topological polar surface area (TPSA) is 56.8 Å². The molecule has 0 aromatic heterocycles. The van der Waals surface area contributed by atoms with Crippen LogP contribution in [0, 0.1) is 0 Å². The number of methoxy groups -OCH3 is 1. The second-order valence-corrected chi connectivity index (χ2v) is 5.14. The number of hydrogen-bond acceptors (Lipinski definition) is 4. The van der Waals surface area contributed by atoms with E-state index in [1.807, 2.05) is 38.1 Å². The molecule has 0 fully saturated rings. The van der Waals surface area contributed by atoms with E-state index in [4.69, 9.17) is 14.2 Å². The lowest BCUT2D eigenvalue weighted by Crippen LogP contribution is -2.32. The van der Waals surface area contributed by atoms with Crippen LogP contribution >= 0.6 is 0 Å². The van der Waals surface area contributed by atoms with Gasteiger partial charge in [-0.1, -0.05) is 13.0 Å². The summed E-state index contributed by atoms with van der Waals surface area (Å²) in [6.45, 7) is 4.44.